The molecule has 0 amide bonds. The number of halogens is 3. The second kappa shape index (κ2) is 5.44. The number of alkyl halides is 3. The van der Waals surface area contributed by atoms with Crippen LogP contribution < -0.4 is 5.32 Å². The molecule has 0 bridgehead atoms. The van der Waals surface area contributed by atoms with Crippen LogP contribution in [0.1, 0.15) is 0 Å². The lowest BCUT2D eigenvalue weighted by Crippen LogP contribution is -2.59. The zero-order chi connectivity index (χ0) is 14.2. The van der Waals surface area contributed by atoms with Gasteiger partial charge in [0.2, 0.25) is 0 Å². The molecule has 5 atom stereocenters. The van der Waals surface area contributed by atoms with Crippen LogP contribution in [0.5, 0.6) is 0 Å². The highest BCUT2D eigenvalue weighted by molar-refractivity contribution is 8.14. The topological polar surface area (TPSA) is 94.3 Å². The molecular formula is C9H13F3N2O4S. The van der Waals surface area contributed by atoms with Gasteiger partial charge < -0.3 is 25.4 Å². The van der Waals surface area contributed by atoms with Crippen LogP contribution in [0.15, 0.2) is 4.99 Å². The lowest BCUT2D eigenvalue weighted by atomic mass is 9.98. The van der Waals surface area contributed by atoms with Crippen molar-refractivity contribution in [1.82, 2.24) is 5.32 Å². The predicted molar refractivity (Wildman–Crippen MR) is 60.6 cm³/mol. The van der Waals surface area contributed by atoms with Crippen LogP contribution in [0.25, 0.3) is 0 Å². The van der Waals surface area contributed by atoms with Crippen molar-refractivity contribution in [3.05, 3.63) is 0 Å². The molecule has 2 heterocycles. The summed E-state index contributed by atoms with van der Waals surface area (Å²) in [6.45, 7) is -1.82. The SMILES string of the molecule is OC[C@H]1O[C@H]2SC(=NCC(F)(F)F)NC2[C@@H](O)[C@@H]1O. The number of ether oxygens (including phenoxy) is 1. The van der Waals surface area contributed by atoms with Crippen molar-refractivity contribution in [3.8, 4) is 0 Å². The van der Waals surface area contributed by atoms with Gasteiger partial charge in [0.05, 0.1) is 12.6 Å². The Balaban J connectivity index is 2.03. The summed E-state index contributed by atoms with van der Waals surface area (Å²) < 4.78 is 41.4. The van der Waals surface area contributed by atoms with E-state index in [1.54, 1.807) is 0 Å². The molecule has 10 heteroatoms. The van der Waals surface area contributed by atoms with Gasteiger partial charge in [0.25, 0.3) is 0 Å². The Morgan fingerprint density at radius 3 is 2.58 bits per heavy atom. The van der Waals surface area contributed by atoms with Gasteiger partial charge >= 0.3 is 6.18 Å². The Labute approximate surface area is 110 Å². The normalized spacial score (nSPS) is 41.2. The molecule has 2 rings (SSSR count). The average molecular weight is 302 g/mol. The third-order valence-electron chi connectivity index (χ3n) is 2.80. The van der Waals surface area contributed by atoms with Crippen molar-refractivity contribution >= 4 is 16.9 Å². The molecule has 0 radical (unpaired) electrons. The second-order valence-corrected chi connectivity index (χ2v) is 5.32. The molecule has 2 saturated heterocycles. The van der Waals surface area contributed by atoms with E-state index in [1.807, 2.05) is 0 Å². The number of rotatable bonds is 2. The van der Waals surface area contributed by atoms with E-state index in [9.17, 15) is 23.4 Å². The van der Waals surface area contributed by atoms with Crippen molar-refractivity contribution in [1.29, 1.82) is 0 Å². The van der Waals surface area contributed by atoms with Gasteiger partial charge in [-0.05, 0) is 0 Å². The van der Waals surface area contributed by atoms with Crippen LogP contribution in [0.2, 0.25) is 0 Å². The van der Waals surface area contributed by atoms with E-state index in [4.69, 9.17) is 9.84 Å². The maximum absolute atomic E-state index is 12.0. The summed E-state index contributed by atoms with van der Waals surface area (Å²) in [6, 6.07) is -0.755. The molecule has 2 aliphatic rings. The van der Waals surface area contributed by atoms with E-state index < -0.39 is 49.1 Å². The number of thioether (sulfide) groups is 1. The minimum atomic E-state index is -4.41. The number of aliphatic hydroxyl groups is 3. The molecular weight excluding hydrogens is 289 g/mol. The number of nitrogens with one attached hydrogen (secondary N) is 1. The fraction of sp³-hybridized carbons (Fsp3) is 0.889. The lowest BCUT2D eigenvalue weighted by Gasteiger charge is -2.38. The molecule has 0 aliphatic carbocycles. The summed E-state index contributed by atoms with van der Waals surface area (Å²) in [5.41, 5.74) is -0.692. The Kier molecular flexibility index (Phi) is 4.26. The molecule has 2 fully saturated rings. The zero-order valence-electron chi connectivity index (χ0n) is 9.54. The highest BCUT2D eigenvalue weighted by Crippen LogP contribution is 2.34. The van der Waals surface area contributed by atoms with E-state index in [-0.39, 0.29) is 5.17 Å². The Bertz CT molecular complexity index is 368. The van der Waals surface area contributed by atoms with Crippen LogP contribution in [-0.2, 0) is 4.74 Å². The Hall–Kier alpha value is -0.550. The average Bonchev–Trinajstić information content (AvgIpc) is 2.73. The van der Waals surface area contributed by atoms with Gasteiger partial charge in [0.15, 0.2) is 5.17 Å². The Morgan fingerprint density at radius 1 is 1.32 bits per heavy atom. The van der Waals surface area contributed by atoms with Crippen molar-refractivity contribution < 1.29 is 33.2 Å². The third kappa shape index (κ3) is 3.31. The maximum Gasteiger partial charge on any atom is 0.408 e. The minimum absolute atomic E-state index is 0.00263. The summed E-state index contributed by atoms with van der Waals surface area (Å²) >= 11 is 0.895. The summed E-state index contributed by atoms with van der Waals surface area (Å²) in [6.07, 6.45) is -7.92. The van der Waals surface area contributed by atoms with Crippen LogP contribution in [0, 0.1) is 0 Å². The minimum Gasteiger partial charge on any atom is -0.394 e. The van der Waals surface area contributed by atoms with Gasteiger partial charge in [-0.15, -0.1) is 0 Å². The first-order valence-electron chi connectivity index (χ1n) is 5.48. The highest BCUT2D eigenvalue weighted by atomic mass is 32.2. The van der Waals surface area contributed by atoms with Gasteiger partial charge in [-0.25, -0.2) is 0 Å². The molecule has 0 aromatic heterocycles. The van der Waals surface area contributed by atoms with Gasteiger partial charge in [-0.3, -0.25) is 4.99 Å². The summed E-state index contributed by atoms with van der Waals surface area (Å²) in [5, 5.41) is 31.0. The van der Waals surface area contributed by atoms with Gasteiger partial charge in [0, 0.05) is 0 Å². The van der Waals surface area contributed by atoms with Gasteiger partial charge in [0.1, 0.15) is 30.3 Å². The first-order chi connectivity index (χ1) is 8.81. The first kappa shape index (κ1) is 14.9. The smallest absolute Gasteiger partial charge is 0.394 e. The molecule has 0 aromatic carbocycles. The summed E-state index contributed by atoms with van der Waals surface area (Å²) in [4.78, 5) is 3.34. The van der Waals surface area contributed by atoms with E-state index in [0.29, 0.717) is 0 Å². The summed E-state index contributed by atoms with van der Waals surface area (Å²) in [7, 11) is 0. The number of fused-ring (bicyclic) bond motifs is 1. The van der Waals surface area contributed by atoms with E-state index in [0.717, 1.165) is 11.8 Å². The monoisotopic (exact) mass is 302 g/mol. The van der Waals surface area contributed by atoms with Crippen LogP contribution in [0.4, 0.5) is 13.2 Å². The van der Waals surface area contributed by atoms with Crippen molar-refractivity contribution in [2.24, 2.45) is 4.99 Å². The van der Waals surface area contributed by atoms with Gasteiger partial charge in [-0.1, -0.05) is 11.8 Å². The molecule has 110 valence electrons. The molecule has 1 unspecified atom stereocenters. The van der Waals surface area contributed by atoms with Crippen molar-refractivity contribution in [2.45, 2.75) is 36.0 Å². The summed E-state index contributed by atoms with van der Waals surface area (Å²) in [5.74, 6) is 0. The molecule has 2 aliphatic heterocycles. The van der Waals surface area contributed by atoms with Crippen LogP contribution in [-0.4, -0.2) is 69.6 Å². The van der Waals surface area contributed by atoms with Crippen molar-refractivity contribution in [2.75, 3.05) is 13.2 Å². The van der Waals surface area contributed by atoms with E-state index in [1.165, 1.54) is 0 Å². The predicted octanol–water partition coefficient (Wildman–Crippen LogP) is -0.951. The fourth-order valence-corrected chi connectivity index (χ4v) is 3.00. The number of amidine groups is 1. The lowest BCUT2D eigenvalue weighted by molar-refractivity contribution is -0.167. The molecule has 6 nitrogen and oxygen atoms in total. The van der Waals surface area contributed by atoms with Crippen LogP contribution >= 0.6 is 11.8 Å². The molecule has 0 aromatic rings. The molecule has 19 heavy (non-hydrogen) atoms. The fourth-order valence-electron chi connectivity index (χ4n) is 1.87. The third-order valence-corrected chi connectivity index (χ3v) is 3.91. The molecule has 0 spiro atoms. The van der Waals surface area contributed by atoms with Gasteiger partial charge in [-0.2, -0.15) is 13.2 Å². The maximum atomic E-state index is 12.0. The number of aliphatic imine (C=N–C) groups is 1. The quantitative estimate of drug-likeness (QED) is 0.525. The van der Waals surface area contributed by atoms with Crippen LogP contribution in [0.3, 0.4) is 0 Å². The molecule has 0 saturated carbocycles. The van der Waals surface area contributed by atoms with E-state index >= 15 is 0 Å². The Morgan fingerprint density at radius 2 is 2.00 bits per heavy atom. The second-order valence-electron chi connectivity index (χ2n) is 4.23. The molecule has 4 N–H and O–H groups in total. The number of nitrogens with zero attached hydrogens (tertiary/aromatic N) is 1. The standard InChI is InChI=1S/C9H13F3N2O4S/c10-9(11,12)2-13-8-14-4-6(17)5(16)3(1-15)18-7(4)19-8/h3-7,15-17H,1-2H2,(H,13,14)/t3-,4?,5-,6-,7+/m1/s1. The first-order valence-corrected chi connectivity index (χ1v) is 6.36. The number of hydrogen-bond donors (Lipinski definition) is 4. The van der Waals surface area contributed by atoms with E-state index in [2.05, 4.69) is 10.3 Å². The zero-order valence-corrected chi connectivity index (χ0v) is 10.4. The number of hydrogen-bond acceptors (Lipinski definition) is 6. The largest absolute Gasteiger partial charge is 0.408 e. The van der Waals surface area contributed by atoms with Crippen molar-refractivity contribution in [3.63, 3.8) is 0 Å². The number of aliphatic hydroxyl groups excluding tert-OH is 3. The highest BCUT2D eigenvalue weighted by Gasteiger charge is 2.48.